The van der Waals surface area contributed by atoms with E-state index in [0.717, 1.165) is 0 Å². The van der Waals surface area contributed by atoms with E-state index in [2.05, 4.69) is 9.40 Å². The predicted molar refractivity (Wildman–Crippen MR) is 31.9 cm³/mol. The highest BCUT2D eigenvalue weighted by Gasteiger charge is 1.92. The molecule has 9 heavy (non-hydrogen) atoms. The number of anilines is 1. The van der Waals surface area contributed by atoms with Crippen LogP contribution >= 0.6 is 0 Å². The zero-order chi connectivity index (χ0) is 6.85. The lowest BCUT2D eigenvalue weighted by Crippen LogP contribution is -2.03. The molecule has 4 heteroatoms. The van der Waals surface area contributed by atoms with E-state index in [1.807, 2.05) is 0 Å². The molecule has 0 aliphatic heterocycles. The molecule has 1 aromatic heterocycles. The first-order valence-electron chi connectivity index (χ1n) is 2.43. The average Bonchev–Trinajstić information content (AvgIpc) is 1.59. The van der Waals surface area contributed by atoms with Gasteiger partial charge in [0.1, 0.15) is 0 Å². The maximum atomic E-state index is 10.4. The second-order valence-corrected chi connectivity index (χ2v) is 1.66. The molecule has 2 N–H and O–H groups in total. The molecular formula is C5H6N2O2. The molecule has 0 fully saturated rings. The summed E-state index contributed by atoms with van der Waals surface area (Å²) in [7, 11) is 0. The Bertz CT molecular complexity index is 243. The standard InChI is InChI=1S/C5H6N2O2/c1-3-2-4(8)9-5(6)7-3/h2H,1H3,(H2,6,7). The highest BCUT2D eigenvalue weighted by molar-refractivity contribution is 5.10. The molecule has 1 heterocycles. The Balaban J connectivity index is 3.33. The number of nitrogen functional groups attached to an aromatic ring is 1. The maximum absolute atomic E-state index is 10.4. The third-order valence-electron chi connectivity index (χ3n) is 0.818. The lowest BCUT2D eigenvalue weighted by molar-refractivity contribution is 0.510. The molecule has 0 unspecified atom stereocenters. The van der Waals surface area contributed by atoms with Crippen molar-refractivity contribution in [3.8, 4) is 0 Å². The molecule has 0 bridgehead atoms. The first-order valence-corrected chi connectivity index (χ1v) is 2.43. The van der Waals surface area contributed by atoms with Crippen LogP contribution in [0.3, 0.4) is 0 Å². The fourth-order valence-corrected chi connectivity index (χ4v) is 0.532. The van der Waals surface area contributed by atoms with Gasteiger partial charge in [0.2, 0.25) is 0 Å². The molecule has 0 saturated carbocycles. The van der Waals surface area contributed by atoms with Crippen LogP contribution in [-0.4, -0.2) is 4.98 Å². The summed E-state index contributed by atoms with van der Waals surface area (Å²) in [6, 6.07) is 1.19. The van der Waals surface area contributed by atoms with Gasteiger partial charge in [0.05, 0.1) is 5.69 Å². The summed E-state index contributed by atoms with van der Waals surface area (Å²) >= 11 is 0. The van der Waals surface area contributed by atoms with Crippen LogP contribution < -0.4 is 11.4 Å². The summed E-state index contributed by atoms with van der Waals surface area (Å²) in [5.41, 5.74) is 5.20. The van der Waals surface area contributed by atoms with Crippen molar-refractivity contribution in [2.24, 2.45) is 0 Å². The Kier molecular flexibility index (Phi) is 1.22. The minimum atomic E-state index is -0.458. The van der Waals surface area contributed by atoms with E-state index in [9.17, 15) is 4.79 Å². The first-order chi connectivity index (χ1) is 4.18. The van der Waals surface area contributed by atoms with Crippen LogP contribution in [0, 0.1) is 6.92 Å². The Labute approximate surface area is 51.3 Å². The zero-order valence-corrected chi connectivity index (χ0v) is 4.92. The van der Waals surface area contributed by atoms with Crippen molar-refractivity contribution < 1.29 is 4.42 Å². The van der Waals surface area contributed by atoms with Crippen LogP contribution in [0.4, 0.5) is 6.01 Å². The van der Waals surface area contributed by atoms with Crippen LogP contribution in [-0.2, 0) is 0 Å². The van der Waals surface area contributed by atoms with Crippen molar-refractivity contribution in [2.75, 3.05) is 5.73 Å². The fraction of sp³-hybridized carbons (Fsp3) is 0.200. The van der Waals surface area contributed by atoms with Gasteiger partial charge in [-0.25, -0.2) is 9.78 Å². The molecule has 0 aromatic carbocycles. The molecule has 0 amide bonds. The van der Waals surface area contributed by atoms with Gasteiger partial charge < -0.3 is 10.2 Å². The number of nitrogens with two attached hydrogens (primary N) is 1. The SMILES string of the molecule is Cc1cc(=O)oc(N)n1. The van der Waals surface area contributed by atoms with Crippen molar-refractivity contribution >= 4 is 6.01 Å². The van der Waals surface area contributed by atoms with E-state index in [0.29, 0.717) is 5.69 Å². The topological polar surface area (TPSA) is 69.1 Å². The van der Waals surface area contributed by atoms with E-state index in [1.165, 1.54) is 6.07 Å². The number of aryl methyl sites for hydroxylation is 1. The van der Waals surface area contributed by atoms with E-state index in [-0.39, 0.29) is 6.01 Å². The molecule has 0 saturated heterocycles. The van der Waals surface area contributed by atoms with Gasteiger partial charge in [-0.15, -0.1) is 0 Å². The number of nitrogens with zero attached hydrogens (tertiary/aromatic N) is 1. The molecule has 4 nitrogen and oxygen atoms in total. The van der Waals surface area contributed by atoms with E-state index in [1.54, 1.807) is 6.92 Å². The van der Waals surface area contributed by atoms with Gasteiger partial charge in [-0.1, -0.05) is 0 Å². The molecular weight excluding hydrogens is 120 g/mol. The Morgan fingerprint density at radius 2 is 2.44 bits per heavy atom. The molecule has 0 spiro atoms. The molecule has 48 valence electrons. The normalized spacial score (nSPS) is 9.44. The molecule has 0 atom stereocenters. The number of hydrogen-bond donors (Lipinski definition) is 1. The number of aromatic nitrogens is 1. The third-order valence-corrected chi connectivity index (χ3v) is 0.818. The average molecular weight is 126 g/mol. The lowest BCUT2D eigenvalue weighted by Gasteiger charge is -1.88. The van der Waals surface area contributed by atoms with Gasteiger partial charge >= 0.3 is 5.63 Å². The minimum absolute atomic E-state index is 0.0833. The quantitative estimate of drug-likeness (QED) is 0.528. The van der Waals surface area contributed by atoms with Crippen LogP contribution in [0.2, 0.25) is 0 Å². The monoisotopic (exact) mass is 126 g/mol. The molecule has 0 aliphatic rings. The molecule has 0 radical (unpaired) electrons. The van der Waals surface area contributed by atoms with Crippen LogP contribution in [0.25, 0.3) is 0 Å². The smallest absolute Gasteiger partial charge is 0.340 e. The Hall–Kier alpha value is -1.32. The number of hydrogen-bond acceptors (Lipinski definition) is 4. The fourth-order valence-electron chi connectivity index (χ4n) is 0.532. The Morgan fingerprint density at radius 1 is 1.78 bits per heavy atom. The summed E-state index contributed by atoms with van der Waals surface area (Å²) in [6.45, 7) is 1.67. The summed E-state index contributed by atoms with van der Waals surface area (Å²) in [6.07, 6.45) is 0. The largest absolute Gasteiger partial charge is 0.389 e. The van der Waals surface area contributed by atoms with Crippen LogP contribution in [0.1, 0.15) is 5.69 Å². The van der Waals surface area contributed by atoms with Gasteiger partial charge in [0.15, 0.2) is 0 Å². The number of rotatable bonds is 0. The maximum Gasteiger partial charge on any atom is 0.340 e. The summed E-state index contributed by atoms with van der Waals surface area (Å²) in [5.74, 6) is 0. The third kappa shape index (κ3) is 1.28. The van der Waals surface area contributed by atoms with E-state index < -0.39 is 5.63 Å². The minimum Gasteiger partial charge on any atom is -0.389 e. The molecule has 0 aliphatic carbocycles. The summed E-state index contributed by atoms with van der Waals surface area (Å²) < 4.78 is 4.37. The van der Waals surface area contributed by atoms with Gasteiger partial charge in [0.25, 0.3) is 6.01 Å². The van der Waals surface area contributed by atoms with Crippen molar-refractivity contribution in [3.05, 3.63) is 22.2 Å². The Morgan fingerprint density at radius 3 is 2.89 bits per heavy atom. The van der Waals surface area contributed by atoms with Crippen molar-refractivity contribution in [2.45, 2.75) is 6.92 Å². The molecule has 1 rings (SSSR count). The molecule has 1 aromatic rings. The van der Waals surface area contributed by atoms with Gasteiger partial charge in [0, 0.05) is 6.07 Å². The van der Waals surface area contributed by atoms with Crippen LogP contribution in [0.15, 0.2) is 15.3 Å². The van der Waals surface area contributed by atoms with Gasteiger partial charge in [-0.2, -0.15) is 0 Å². The van der Waals surface area contributed by atoms with Crippen LogP contribution in [0.5, 0.6) is 0 Å². The van der Waals surface area contributed by atoms with Crippen molar-refractivity contribution in [1.82, 2.24) is 4.98 Å². The van der Waals surface area contributed by atoms with E-state index in [4.69, 9.17) is 5.73 Å². The van der Waals surface area contributed by atoms with Crippen molar-refractivity contribution in [1.29, 1.82) is 0 Å². The zero-order valence-electron chi connectivity index (χ0n) is 4.92. The van der Waals surface area contributed by atoms with E-state index >= 15 is 0 Å². The first kappa shape index (κ1) is 5.81. The van der Waals surface area contributed by atoms with Gasteiger partial charge in [-0.3, -0.25) is 0 Å². The highest BCUT2D eigenvalue weighted by atomic mass is 16.4. The second-order valence-electron chi connectivity index (χ2n) is 1.66. The van der Waals surface area contributed by atoms with Crippen molar-refractivity contribution in [3.63, 3.8) is 0 Å². The summed E-state index contributed by atoms with van der Waals surface area (Å²) in [5, 5.41) is 0. The van der Waals surface area contributed by atoms with Gasteiger partial charge in [-0.05, 0) is 6.92 Å². The predicted octanol–water partition coefficient (Wildman–Crippen LogP) is -0.0746. The highest BCUT2D eigenvalue weighted by Crippen LogP contribution is 1.91. The lowest BCUT2D eigenvalue weighted by atomic mass is 10.5. The second kappa shape index (κ2) is 1.89. The summed E-state index contributed by atoms with van der Waals surface area (Å²) in [4.78, 5) is 14.1.